The molecule has 1 aromatic heterocycles. The Hall–Kier alpha value is -1.69. The van der Waals surface area contributed by atoms with Crippen molar-refractivity contribution in [2.45, 2.75) is 25.4 Å². The molecule has 0 bridgehead atoms. The number of carbonyl (C=O) groups is 1. The van der Waals surface area contributed by atoms with Crippen molar-refractivity contribution in [1.82, 2.24) is 14.7 Å². The number of nitrogens with zero attached hydrogens (tertiary/aromatic N) is 3. The van der Waals surface area contributed by atoms with Gasteiger partial charge in [-0.25, -0.2) is 4.68 Å². The van der Waals surface area contributed by atoms with E-state index in [2.05, 4.69) is 5.10 Å². The average molecular weight is 277 g/mol. The third-order valence-corrected chi connectivity index (χ3v) is 3.88. The molecule has 2 fully saturated rings. The molecule has 0 spiro atoms. The van der Waals surface area contributed by atoms with Crippen molar-refractivity contribution in [1.29, 1.82) is 0 Å². The van der Waals surface area contributed by atoms with Crippen molar-refractivity contribution in [3.8, 4) is 0 Å². The first-order valence-corrected chi connectivity index (χ1v) is 7.09. The molecule has 108 valence electrons. The monoisotopic (exact) mass is 277 g/mol. The highest BCUT2D eigenvalue weighted by Gasteiger charge is 2.30. The van der Waals surface area contributed by atoms with Crippen LogP contribution in [0.25, 0.3) is 0 Å². The van der Waals surface area contributed by atoms with E-state index in [0.717, 1.165) is 18.9 Å². The van der Waals surface area contributed by atoms with Crippen molar-refractivity contribution >= 4 is 5.91 Å². The van der Waals surface area contributed by atoms with Gasteiger partial charge >= 0.3 is 0 Å². The van der Waals surface area contributed by atoms with E-state index in [4.69, 9.17) is 4.74 Å². The van der Waals surface area contributed by atoms with Crippen molar-refractivity contribution in [3.05, 3.63) is 28.2 Å². The van der Waals surface area contributed by atoms with Crippen molar-refractivity contribution in [2.75, 3.05) is 19.7 Å². The maximum Gasteiger partial charge on any atom is 0.274 e. The molecule has 1 saturated carbocycles. The molecule has 20 heavy (non-hydrogen) atoms. The van der Waals surface area contributed by atoms with Crippen molar-refractivity contribution in [2.24, 2.45) is 13.0 Å². The quantitative estimate of drug-likeness (QED) is 0.800. The summed E-state index contributed by atoms with van der Waals surface area (Å²) in [6.07, 6.45) is 3.57. The van der Waals surface area contributed by atoms with E-state index in [1.165, 1.54) is 29.7 Å². The van der Waals surface area contributed by atoms with Gasteiger partial charge in [0.1, 0.15) is 5.69 Å². The zero-order chi connectivity index (χ0) is 14.1. The van der Waals surface area contributed by atoms with E-state index in [9.17, 15) is 9.59 Å². The molecular weight excluding hydrogens is 258 g/mol. The third kappa shape index (κ3) is 2.90. The summed E-state index contributed by atoms with van der Waals surface area (Å²) < 4.78 is 7.00. The van der Waals surface area contributed by atoms with Crippen molar-refractivity contribution in [3.63, 3.8) is 0 Å². The lowest BCUT2D eigenvalue weighted by atomic mass is 10.3. The van der Waals surface area contributed by atoms with Crippen LogP contribution in [0.5, 0.6) is 0 Å². The fourth-order valence-electron chi connectivity index (χ4n) is 2.38. The molecule has 3 rings (SSSR count). The lowest BCUT2D eigenvalue weighted by Crippen LogP contribution is -2.32. The molecule has 0 aromatic carbocycles. The van der Waals surface area contributed by atoms with E-state index in [-0.39, 0.29) is 17.6 Å². The Morgan fingerprint density at radius 3 is 2.90 bits per heavy atom. The van der Waals surface area contributed by atoms with Gasteiger partial charge in [0.25, 0.3) is 11.5 Å². The predicted octanol–water partition coefficient (Wildman–Crippen LogP) is 0.421. The lowest BCUT2D eigenvalue weighted by Gasteiger charge is -2.16. The van der Waals surface area contributed by atoms with E-state index in [1.54, 1.807) is 11.9 Å². The highest BCUT2D eigenvalue weighted by Crippen LogP contribution is 2.30. The van der Waals surface area contributed by atoms with Crippen LogP contribution in [0.3, 0.4) is 0 Å². The predicted molar refractivity (Wildman–Crippen MR) is 72.5 cm³/mol. The van der Waals surface area contributed by atoms with E-state index < -0.39 is 0 Å². The summed E-state index contributed by atoms with van der Waals surface area (Å²) in [6, 6.07) is 2.86. The molecule has 1 saturated heterocycles. The Bertz CT molecular complexity index is 565. The number of amides is 1. The number of rotatable bonds is 4. The largest absolute Gasteiger partial charge is 0.376 e. The van der Waals surface area contributed by atoms with Gasteiger partial charge in [0.2, 0.25) is 0 Å². The van der Waals surface area contributed by atoms with Gasteiger partial charge in [-0.15, -0.1) is 0 Å². The Kier molecular flexibility index (Phi) is 3.56. The summed E-state index contributed by atoms with van der Waals surface area (Å²) in [5.41, 5.74) is 0.101. The maximum absolute atomic E-state index is 12.3. The smallest absolute Gasteiger partial charge is 0.274 e. The standard InChI is InChI=1S/C14H19N3O3/c1-16-13(18)5-4-12(15-16)14(19)17-7-6-11(8-17)20-9-10-2-3-10/h4-5,10-11H,2-3,6-9H2,1H3. The van der Waals surface area contributed by atoms with Crippen LogP contribution in [-0.4, -0.2) is 46.4 Å². The molecule has 6 heteroatoms. The summed E-state index contributed by atoms with van der Waals surface area (Å²) in [5, 5.41) is 4.00. The van der Waals surface area contributed by atoms with E-state index in [0.29, 0.717) is 18.8 Å². The van der Waals surface area contributed by atoms with Crippen LogP contribution in [-0.2, 0) is 11.8 Å². The first-order chi connectivity index (χ1) is 9.63. The second-order valence-corrected chi connectivity index (χ2v) is 5.62. The van der Waals surface area contributed by atoms with E-state index >= 15 is 0 Å². The number of ether oxygens (including phenoxy) is 1. The minimum atomic E-state index is -0.214. The first kappa shape index (κ1) is 13.3. The Balaban J connectivity index is 1.59. The summed E-state index contributed by atoms with van der Waals surface area (Å²) in [4.78, 5) is 25.3. The summed E-state index contributed by atoms with van der Waals surface area (Å²) in [7, 11) is 1.55. The van der Waals surface area contributed by atoms with Crippen LogP contribution in [0.4, 0.5) is 0 Å². The van der Waals surface area contributed by atoms with Gasteiger partial charge in [-0.05, 0) is 31.2 Å². The summed E-state index contributed by atoms with van der Waals surface area (Å²) >= 11 is 0. The van der Waals surface area contributed by atoms with Gasteiger partial charge in [0.15, 0.2) is 0 Å². The summed E-state index contributed by atoms with van der Waals surface area (Å²) in [6.45, 7) is 2.14. The molecule has 1 atom stereocenters. The van der Waals surface area contributed by atoms with Gasteiger partial charge in [0, 0.05) is 32.8 Å². The zero-order valence-corrected chi connectivity index (χ0v) is 11.6. The van der Waals surface area contributed by atoms with Gasteiger partial charge in [-0.1, -0.05) is 0 Å². The fraction of sp³-hybridized carbons (Fsp3) is 0.643. The SMILES string of the molecule is Cn1nc(C(=O)N2CCC(OCC3CC3)C2)ccc1=O. The van der Waals surface area contributed by atoms with Gasteiger partial charge in [-0.2, -0.15) is 5.10 Å². The van der Waals surface area contributed by atoms with Crippen LogP contribution in [0.2, 0.25) is 0 Å². The maximum atomic E-state index is 12.3. The number of aryl methyl sites for hydroxylation is 1. The minimum absolute atomic E-state index is 0.127. The third-order valence-electron chi connectivity index (χ3n) is 3.88. The van der Waals surface area contributed by atoms with E-state index in [1.807, 2.05) is 0 Å². The molecule has 2 heterocycles. The highest BCUT2D eigenvalue weighted by atomic mass is 16.5. The van der Waals surface area contributed by atoms with Crippen LogP contribution in [0.1, 0.15) is 29.8 Å². The number of aromatic nitrogens is 2. The molecule has 0 radical (unpaired) electrons. The highest BCUT2D eigenvalue weighted by molar-refractivity contribution is 5.92. The average Bonchev–Trinajstić information content (AvgIpc) is 3.16. The second kappa shape index (κ2) is 5.36. The minimum Gasteiger partial charge on any atom is -0.376 e. The van der Waals surface area contributed by atoms with Crippen LogP contribution in [0, 0.1) is 5.92 Å². The molecule has 1 amide bonds. The Morgan fingerprint density at radius 2 is 2.20 bits per heavy atom. The van der Waals surface area contributed by atoms with Gasteiger partial charge < -0.3 is 9.64 Å². The zero-order valence-electron chi connectivity index (χ0n) is 11.6. The molecular formula is C14H19N3O3. The molecule has 6 nitrogen and oxygen atoms in total. The molecule has 1 unspecified atom stereocenters. The Labute approximate surface area is 117 Å². The number of likely N-dealkylation sites (tertiary alicyclic amines) is 1. The molecule has 1 aromatic rings. The van der Waals surface area contributed by atoms with Crippen LogP contribution >= 0.6 is 0 Å². The number of carbonyl (C=O) groups excluding carboxylic acids is 1. The Morgan fingerprint density at radius 1 is 1.40 bits per heavy atom. The molecule has 1 aliphatic carbocycles. The number of hydrogen-bond donors (Lipinski definition) is 0. The topological polar surface area (TPSA) is 64.4 Å². The normalized spacial score (nSPS) is 22.2. The van der Waals surface area contributed by atoms with Crippen molar-refractivity contribution < 1.29 is 9.53 Å². The molecule has 1 aliphatic heterocycles. The van der Waals surface area contributed by atoms with Gasteiger partial charge in [0.05, 0.1) is 6.10 Å². The van der Waals surface area contributed by atoms with Gasteiger partial charge in [-0.3, -0.25) is 9.59 Å². The lowest BCUT2D eigenvalue weighted by molar-refractivity contribution is 0.0478. The summed E-state index contributed by atoms with van der Waals surface area (Å²) in [5.74, 6) is 0.614. The molecule has 2 aliphatic rings. The molecule has 0 N–H and O–H groups in total. The second-order valence-electron chi connectivity index (χ2n) is 5.62. The fourth-order valence-corrected chi connectivity index (χ4v) is 2.38. The van der Waals surface area contributed by atoms with Crippen LogP contribution < -0.4 is 5.56 Å². The van der Waals surface area contributed by atoms with Crippen LogP contribution in [0.15, 0.2) is 16.9 Å². The number of hydrogen-bond acceptors (Lipinski definition) is 4. The first-order valence-electron chi connectivity index (χ1n) is 7.09.